The van der Waals surface area contributed by atoms with E-state index in [1.165, 1.54) is 11.8 Å². The Bertz CT molecular complexity index is 1900. The Morgan fingerprint density at radius 1 is 0.932 bits per heavy atom. The first-order chi connectivity index (χ1) is 21.1. The molecule has 1 heterocycles. The van der Waals surface area contributed by atoms with Crippen molar-refractivity contribution in [3.63, 3.8) is 0 Å². The second-order valence-electron chi connectivity index (χ2n) is 9.73. The molecule has 226 valence electrons. The van der Waals surface area contributed by atoms with Gasteiger partial charge in [-0.25, -0.2) is 4.21 Å². The van der Waals surface area contributed by atoms with Crippen molar-refractivity contribution in [2.45, 2.75) is 30.3 Å². The number of alkyl halides is 3. The SMILES string of the molecule is C=C(/C(CCSc1ccc(Cl)cc1)=N/OS(=O)C(F)(F)F)c1ccc2c(c1)c1cc(C(=O)c3ccccc3)ccc1n2CC. The molecule has 4 aromatic carbocycles. The van der Waals surface area contributed by atoms with E-state index >= 15 is 0 Å². The Kier molecular flexibility index (Phi) is 9.62. The zero-order valence-electron chi connectivity index (χ0n) is 23.4. The number of rotatable bonds is 11. The molecule has 11 heteroatoms. The summed E-state index contributed by atoms with van der Waals surface area (Å²) in [5.74, 6) is 0.331. The summed E-state index contributed by atoms with van der Waals surface area (Å²) in [7, 11) is 0. The number of halogens is 4. The molecule has 0 N–H and O–H groups in total. The van der Waals surface area contributed by atoms with Crippen LogP contribution in [0.1, 0.15) is 34.8 Å². The number of thioether (sulfide) groups is 1. The summed E-state index contributed by atoms with van der Waals surface area (Å²) >= 11 is 3.79. The zero-order chi connectivity index (χ0) is 31.4. The quantitative estimate of drug-likeness (QED) is 0.0616. The van der Waals surface area contributed by atoms with Gasteiger partial charge in [0.1, 0.15) is 0 Å². The van der Waals surface area contributed by atoms with Gasteiger partial charge in [0.05, 0.1) is 5.71 Å². The zero-order valence-corrected chi connectivity index (χ0v) is 25.8. The number of allylic oxidation sites excluding steroid dienone is 1. The second-order valence-corrected chi connectivity index (χ2v) is 12.4. The van der Waals surface area contributed by atoms with Crippen LogP contribution in [0.15, 0.2) is 108 Å². The third kappa shape index (κ3) is 6.93. The van der Waals surface area contributed by atoms with Crippen LogP contribution >= 0.6 is 23.4 Å². The van der Waals surface area contributed by atoms with Gasteiger partial charge in [-0.15, -0.1) is 11.8 Å². The maximum Gasteiger partial charge on any atom is 0.510 e. The molecular weight excluding hydrogens is 629 g/mol. The minimum Gasteiger partial charge on any atom is -0.341 e. The Labute approximate surface area is 264 Å². The van der Waals surface area contributed by atoms with Gasteiger partial charge in [0.15, 0.2) is 5.78 Å². The van der Waals surface area contributed by atoms with Crippen LogP contribution in [-0.4, -0.2) is 31.5 Å². The van der Waals surface area contributed by atoms with Gasteiger partial charge in [0, 0.05) is 61.6 Å². The van der Waals surface area contributed by atoms with Crippen LogP contribution in [0, 0.1) is 0 Å². The molecule has 0 aliphatic carbocycles. The van der Waals surface area contributed by atoms with Gasteiger partial charge in [-0.3, -0.25) is 9.08 Å². The number of benzene rings is 4. The van der Waals surface area contributed by atoms with E-state index in [0.29, 0.717) is 39.6 Å². The number of fused-ring (bicyclic) bond motifs is 3. The summed E-state index contributed by atoms with van der Waals surface area (Å²) in [6, 6.07) is 27.4. The van der Waals surface area contributed by atoms with E-state index in [9.17, 15) is 22.2 Å². The molecule has 5 rings (SSSR count). The maximum atomic E-state index is 13.2. The lowest BCUT2D eigenvalue weighted by Gasteiger charge is -2.11. The summed E-state index contributed by atoms with van der Waals surface area (Å²) in [6.45, 7) is 6.83. The molecule has 0 amide bonds. The van der Waals surface area contributed by atoms with Crippen molar-refractivity contribution in [2.75, 3.05) is 5.75 Å². The van der Waals surface area contributed by atoms with E-state index < -0.39 is 16.6 Å². The van der Waals surface area contributed by atoms with Crippen LogP contribution in [0.3, 0.4) is 0 Å². The Morgan fingerprint density at radius 2 is 1.55 bits per heavy atom. The summed E-state index contributed by atoms with van der Waals surface area (Å²) in [5.41, 5.74) is -1.05. The first-order valence-electron chi connectivity index (χ1n) is 13.5. The lowest BCUT2D eigenvalue weighted by molar-refractivity contribution is -0.0471. The van der Waals surface area contributed by atoms with Crippen LogP contribution in [0.25, 0.3) is 27.4 Å². The number of hydrogen-bond acceptors (Lipinski definition) is 5. The third-order valence-corrected chi connectivity index (χ3v) is 8.86. The largest absolute Gasteiger partial charge is 0.510 e. The molecule has 1 atom stereocenters. The van der Waals surface area contributed by atoms with Crippen molar-refractivity contribution < 1.29 is 26.5 Å². The number of hydrogen-bond donors (Lipinski definition) is 0. The number of oxime groups is 1. The monoisotopic (exact) mass is 654 g/mol. The number of aromatic nitrogens is 1. The van der Waals surface area contributed by atoms with Gasteiger partial charge in [0.2, 0.25) is 0 Å². The highest BCUT2D eigenvalue weighted by Gasteiger charge is 2.40. The molecule has 5 aromatic rings. The van der Waals surface area contributed by atoms with Gasteiger partial charge in [-0.05, 0) is 72.7 Å². The molecule has 0 saturated carbocycles. The number of carbonyl (C=O) groups excluding carboxylic acids is 1. The molecule has 1 unspecified atom stereocenters. The average molecular weight is 655 g/mol. The first-order valence-corrected chi connectivity index (χ1v) is 16.0. The topological polar surface area (TPSA) is 60.7 Å². The molecule has 0 bridgehead atoms. The van der Waals surface area contributed by atoms with Gasteiger partial charge in [-0.1, -0.05) is 59.7 Å². The maximum absolute atomic E-state index is 13.2. The van der Waals surface area contributed by atoms with Gasteiger partial charge < -0.3 is 4.57 Å². The van der Waals surface area contributed by atoms with E-state index in [4.69, 9.17) is 11.6 Å². The van der Waals surface area contributed by atoms with Crippen LogP contribution in [0.5, 0.6) is 0 Å². The number of ketones is 1. The van der Waals surface area contributed by atoms with Gasteiger partial charge in [-0.2, -0.15) is 13.2 Å². The number of nitrogens with zero attached hydrogens (tertiary/aromatic N) is 2. The van der Waals surface area contributed by atoms with Crippen LogP contribution < -0.4 is 0 Å². The molecule has 0 radical (unpaired) electrons. The first kappa shape index (κ1) is 31.6. The molecule has 5 nitrogen and oxygen atoms in total. The molecule has 0 fully saturated rings. The summed E-state index contributed by atoms with van der Waals surface area (Å²) in [6.07, 6.45) is 0.186. The van der Waals surface area contributed by atoms with Crippen LogP contribution in [0.4, 0.5) is 13.2 Å². The Morgan fingerprint density at radius 3 is 2.16 bits per heavy atom. The third-order valence-electron chi connectivity index (χ3n) is 7.00. The molecule has 44 heavy (non-hydrogen) atoms. The van der Waals surface area contributed by atoms with Crippen molar-refractivity contribution >= 4 is 73.3 Å². The normalized spacial score (nSPS) is 12.9. The highest BCUT2D eigenvalue weighted by atomic mass is 35.5. The summed E-state index contributed by atoms with van der Waals surface area (Å²) in [4.78, 5) is 14.1. The summed E-state index contributed by atoms with van der Waals surface area (Å²) < 4.78 is 56.9. The van der Waals surface area contributed by atoms with E-state index in [-0.39, 0.29) is 17.9 Å². The predicted molar refractivity (Wildman–Crippen MR) is 174 cm³/mol. The molecule has 0 saturated heterocycles. The van der Waals surface area contributed by atoms with Crippen molar-refractivity contribution in [2.24, 2.45) is 5.16 Å². The second kappa shape index (κ2) is 13.4. The fourth-order valence-electron chi connectivity index (χ4n) is 4.87. The molecule has 0 aliphatic rings. The fraction of sp³-hybridized carbons (Fsp3) is 0.152. The number of aryl methyl sites for hydroxylation is 1. The minimum absolute atomic E-state index is 0.104. The molecule has 0 aliphatic heterocycles. The van der Waals surface area contributed by atoms with E-state index in [0.717, 1.165) is 26.7 Å². The fourth-order valence-corrected chi connectivity index (χ4v) is 6.09. The molecule has 1 aromatic heterocycles. The lowest BCUT2D eigenvalue weighted by atomic mass is 9.98. The highest BCUT2D eigenvalue weighted by Crippen LogP contribution is 2.33. The van der Waals surface area contributed by atoms with Gasteiger partial charge in [0.25, 0.3) is 0 Å². The Balaban J connectivity index is 1.50. The van der Waals surface area contributed by atoms with Crippen molar-refractivity contribution in [3.05, 3.63) is 119 Å². The summed E-state index contributed by atoms with van der Waals surface area (Å²) in [5, 5.41) is 5.94. The minimum atomic E-state index is -5.08. The van der Waals surface area contributed by atoms with E-state index in [2.05, 4.69) is 20.6 Å². The van der Waals surface area contributed by atoms with Crippen LogP contribution in [-0.2, 0) is 21.9 Å². The highest BCUT2D eigenvalue weighted by molar-refractivity contribution is 7.99. The lowest BCUT2D eigenvalue weighted by Crippen LogP contribution is -2.17. The van der Waals surface area contributed by atoms with E-state index in [1.807, 2.05) is 73.7 Å². The molecular formula is C33H26ClF3N2O3S2. The van der Waals surface area contributed by atoms with E-state index in [1.54, 1.807) is 24.3 Å². The standard InChI is InChI=1S/C33H26ClF3N2O3S2/c1-3-39-30-15-9-23(19-27(30)28-20-24(10-16-31(28)39)32(40)22-7-5-4-6-8-22)21(2)29(38-42-44(41)33(35,36)37)17-18-43-26-13-11-25(34)12-14-26/h4-16,19-20H,2-3,17-18H2,1H3/b38-29+. The number of carbonyl (C=O) groups is 1. The Hall–Kier alpha value is -3.86. The smallest absolute Gasteiger partial charge is 0.341 e. The molecule has 0 spiro atoms. The predicted octanol–water partition coefficient (Wildman–Crippen LogP) is 9.45. The van der Waals surface area contributed by atoms with Crippen LogP contribution in [0.2, 0.25) is 5.02 Å². The van der Waals surface area contributed by atoms with Gasteiger partial charge >= 0.3 is 16.6 Å². The van der Waals surface area contributed by atoms with Crippen molar-refractivity contribution in [1.29, 1.82) is 0 Å². The van der Waals surface area contributed by atoms with Crippen molar-refractivity contribution in [3.8, 4) is 0 Å². The van der Waals surface area contributed by atoms with Crippen molar-refractivity contribution in [1.82, 2.24) is 4.57 Å². The average Bonchev–Trinajstić information content (AvgIpc) is 3.34.